The monoisotopic (exact) mass is 208 g/mol. The van der Waals surface area contributed by atoms with Crippen LogP contribution in [0.25, 0.3) is 0 Å². The van der Waals surface area contributed by atoms with Gasteiger partial charge in [-0.3, -0.25) is 0 Å². The summed E-state index contributed by atoms with van der Waals surface area (Å²) < 4.78 is 0. The molecule has 0 radical (unpaired) electrons. The molecular weight excluding hydrogens is 196 g/mol. The van der Waals surface area contributed by atoms with Crippen LogP contribution in [0.1, 0.15) is 30.1 Å². The van der Waals surface area contributed by atoms with Gasteiger partial charge in [0.05, 0.1) is 5.60 Å². The number of benzene rings is 1. The zero-order valence-electron chi connectivity index (χ0n) is 8.05. The van der Waals surface area contributed by atoms with Gasteiger partial charge in [0.25, 0.3) is 0 Å². The van der Waals surface area contributed by atoms with E-state index in [9.17, 15) is 15.0 Å². The molecule has 1 atom stereocenters. The smallest absolute Gasteiger partial charge is 0.337 e. The van der Waals surface area contributed by atoms with E-state index in [0.29, 0.717) is 5.56 Å². The fourth-order valence-electron chi connectivity index (χ4n) is 1.53. The van der Waals surface area contributed by atoms with Crippen LogP contribution in [0.15, 0.2) is 24.3 Å². The van der Waals surface area contributed by atoms with E-state index < -0.39 is 17.7 Å². The molecule has 1 aliphatic rings. The highest BCUT2D eigenvalue weighted by atomic mass is 16.4. The van der Waals surface area contributed by atoms with E-state index in [2.05, 4.69) is 0 Å². The maximum absolute atomic E-state index is 10.5. The van der Waals surface area contributed by atoms with Crippen LogP contribution < -0.4 is 0 Å². The maximum Gasteiger partial charge on any atom is 0.337 e. The van der Waals surface area contributed by atoms with Crippen LogP contribution >= 0.6 is 0 Å². The minimum absolute atomic E-state index is 0.329. The molecule has 0 aliphatic heterocycles. The van der Waals surface area contributed by atoms with E-state index in [1.807, 2.05) is 0 Å². The minimum Gasteiger partial charge on any atom is -0.479 e. The van der Waals surface area contributed by atoms with Gasteiger partial charge in [0.15, 0.2) is 6.10 Å². The zero-order valence-corrected chi connectivity index (χ0v) is 8.05. The first-order valence-electron chi connectivity index (χ1n) is 4.77. The van der Waals surface area contributed by atoms with Crippen molar-refractivity contribution in [2.45, 2.75) is 24.5 Å². The van der Waals surface area contributed by atoms with E-state index >= 15 is 0 Å². The largest absolute Gasteiger partial charge is 0.479 e. The highest BCUT2D eigenvalue weighted by Gasteiger charge is 2.41. The van der Waals surface area contributed by atoms with Crippen molar-refractivity contribution in [2.24, 2.45) is 0 Å². The summed E-state index contributed by atoms with van der Waals surface area (Å²) in [5.41, 5.74) is 0.395. The molecule has 0 amide bonds. The van der Waals surface area contributed by atoms with Crippen molar-refractivity contribution in [3.63, 3.8) is 0 Å². The Morgan fingerprint density at radius 2 is 1.80 bits per heavy atom. The van der Waals surface area contributed by atoms with Gasteiger partial charge in [-0.1, -0.05) is 24.3 Å². The van der Waals surface area contributed by atoms with Crippen molar-refractivity contribution in [1.82, 2.24) is 0 Å². The third kappa shape index (κ3) is 1.86. The molecule has 15 heavy (non-hydrogen) atoms. The summed E-state index contributed by atoms with van der Waals surface area (Å²) in [5, 5.41) is 27.6. The van der Waals surface area contributed by atoms with E-state index in [-0.39, 0.29) is 0 Å². The molecule has 80 valence electrons. The molecule has 2 rings (SSSR count). The van der Waals surface area contributed by atoms with E-state index in [1.165, 1.54) is 12.1 Å². The van der Waals surface area contributed by atoms with E-state index in [4.69, 9.17) is 5.11 Å². The first kappa shape index (κ1) is 10.1. The Morgan fingerprint density at radius 1 is 1.27 bits per heavy atom. The molecule has 0 saturated heterocycles. The van der Waals surface area contributed by atoms with Crippen LogP contribution in [0.4, 0.5) is 0 Å². The number of rotatable bonds is 3. The van der Waals surface area contributed by atoms with Gasteiger partial charge < -0.3 is 15.3 Å². The van der Waals surface area contributed by atoms with Crippen molar-refractivity contribution in [3.05, 3.63) is 35.4 Å². The highest BCUT2D eigenvalue weighted by Crippen LogP contribution is 2.45. The third-order valence-corrected chi connectivity index (χ3v) is 2.72. The second-order valence-corrected chi connectivity index (χ2v) is 3.89. The number of carbonyl (C=O) groups is 1. The average molecular weight is 208 g/mol. The van der Waals surface area contributed by atoms with E-state index in [1.54, 1.807) is 12.1 Å². The standard InChI is InChI=1S/C11H12O4/c12-9(10(13)14)7-1-3-8(4-2-7)11(15)5-6-11/h1-4,9,12,15H,5-6H2,(H,13,14). The van der Waals surface area contributed by atoms with Gasteiger partial charge in [-0.2, -0.15) is 0 Å². The van der Waals surface area contributed by atoms with Crippen LogP contribution in [-0.4, -0.2) is 21.3 Å². The molecule has 3 N–H and O–H groups in total. The van der Waals surface area contributed by atoms with Gasteiger partial charge in [0, 0.05) is 0 Å². The normalized spacial score (nSPS) is 19.6. The van der Waals surface area contributed by atoms with Crippen LogP contribution in [0.5, 0.6) is 0 Å². The lowest BCUT2D eigenvalue weighted by atomic mass is 10.0. The summed E-state index contributed by atoms with van der Waals surface area (Å²) in [5.74, 6) is -1.27. The first-order valence-corrected chi connectivity index (χ1v) is 4.77. The predicted octanol–water partition coefficient (Wildman–Crippen LogP) is 0.786. The van der Waals surface area contributed by atoms with Gasteiger partial charge in [-0.15, -0.1) is 0 Å². The quantitative estimate of drug-likeness (QED) is 0.686. The molecule has 1 aliphatic carbocycles. The second-order valence-electron chi connectivity index (χ2n) is 3.89. The summed E-state index contributed by atoms with van der Waals surface area (Å²) in [6.45, 7) is 0. The molecule has 0 bridgehead atoms. The average Bonchev–Trinajstić information content (AvgIpc) is 2.97. The van der Waals surface area contributed by atoms with Gasteiger partial charge >= 0.3 is 5.97 Å². The van der Waals surface area contributed by atoms with Gasteiger partial charge in [0.2, 0.25) is 0 Å². The Kier molecular flexibility index (Phi) is 2.25. The molecule has 1 saturated carbocycles. The fraction of sp³-hybridized carbons (Fsp3) is 0.364. The van der Waals surface area contributed by atoms with Crippen LogP contribution in [0.2, 0.25) is 0 Å². The summed E-state index contributed by atoms with van der Waals surface area (Å²) in [6.07, 6.45) is -0.00493. The predicted molar refractivity (Wildman–Crippen MR) is 52.2 cm³/mol. The summed E-state index contributed by atoms with van der Waals surface area (Å²) >= 11 is 0. The van der Waals surface area contributed by atoms with Crippen molar-refractivity contribution in [3.8, 4) is 0 Å². The number of carboxylic acids is 1. The lowest BCUT2D eigenvalue weighted by molar-refractivity contribution is -0.146. The number of carboxylic acid groups (broad SMARTS) is 1. The molecule has 4 nitrogen and oxygen atoms in total. The SMILES string of the molecule is O=C(O)C(O)c1ccc(C2(O)CC2)cc1. The van der Waals surface area contributed by atoms with Crippen molar-refractivity contribution >= 4 is 5.97 Å². The number of aliphatic carboxylic acids is 1. The van der Waals surface area contributed by atoms with E-state index in [0.717, 1.165) is 18.4 Å². The Labute approximate surface area is 86.8 Å². The van der Waals surface area contributed by atoms with Crippen molar-refractivity contribution in [1.29, 1.82) is 0 Å². The molecular formula is C11H12O4. The van der Waals surface area contributed by atoms with Gasteiger partial charge in [0.1, 0.15) is 0 Å². The van der Waals surface area contributed by atoms with Gasteiger partial charge in [-0.05, 0) is 24.0 Å². The number of hydrogen-bond acceptors (Lipinski definition) is 3. The van der Waals surface area contributed by atoms with Crippen LogP contribution in [0.3, 0.4) is 0 Å². The lowest BCUT2D eigenvalue weighted by Gasteiger charge is -2.10. The van der Waals surface area contributed by atoms with Crippen molar-refractivity contribution in [2.75, 3.05) is 0 Å². The molecule has 1 unspecified atom stereocenters. The Hall–Kier alpha value is -1.39. The molecule has 1 fully saturated rings. The highest BCUT2D eigenvalue weighted by molar-refractivity contribution is 5.74. The molecule has 1 aromatic rings. The molecule has 4 heteroatoms. The topological polar surface area (TPSA) is 77.8 Å². The third-order valence-electron chi connectivity index (χ3n) is 2.72. The molecule has 0 spiro atoms. The molecule has 0 aromatic heterocycles. The van der Waals surface area contributed by atoms with Crippen molar-refractivity contribution < 1.29 is 20.1 Å². The van der Waals surface area contributed by atoms with Crippen LogP contribution in [-0.2, 0) is 10.4 Å². The zero-order chi connectivity index (χ0) is 11.1. The summed E-state index contributed by atoms with van der Waals surface area (Å²) in [4.78, 5) is 10.5. The Morgan fingerprint density at radius 3 is 2.20 bits per heavy atom. The maximum atomic E-state index is 10.5. The molecule has 0 heterocycles. The van der Waals surface area contributed by atoms with Crippen LogP contribution in [0, 0.1) is 0 Å². The Balaban J connectivity index is 2.20. The van der Waals surface area contributed by atoms with Gasteiger partial charge in [-0.25, -0.2) is 4.79 Å². The Bertz CT molecular complexity index is 378. The summed E-state index contributed by atoms with van der Waals surface area (Å²) in [7, 11) is 0. The second kappa shape index (κ2) is 3.32. The number of aliphatic hydroxyl groups excluding tert-OH is 1. The number of aliphatic hydroxyl groups is 2. The first-order chi connectivity index (χ1) is 7.03. The summed E-state index contributed by atoms with van der Waals surface area (Å²) in [6, 6.07) is 6.39. The molecule has 1 aromatic carbocycles. The lowest BCUT2D eigenvalue weighted by Crippen LogP contribution is -2.11. The fourth-order valence-corrected chi connectivity index (χ4v) is 1.53. The minimum atomic E-state index is -1.49. The number of hydrogen-bond donors (Lipinski definition) is 3.